The van der Waals surface area contributed by atoms with Crippen molar-refractivity contribution in [1.82, 2.24) is 0 Å². The van der Waals surface area contributed by atoms with Crippen LogP contribution in [0.4, 0.5) is 14.9 Å². The average Bonchev–Trinajstić information content (AvgIpc) is 3.00. The van der Waals surface area contributed by atoms with Gasteiger partial charge in [0.25, 0.3) is 0 Å². The fourth-order valence-corrected chi connectivity index (χ4v) is 3.55. The van der Waals surface area contributed by atoms with E-state index in [4.69, 9.17) is 4.74 Å². The first-order chi connectivity index (χ1) is 13.2. The van der Waals surface area contributed by atoms with Gasteiger partial charge in [0, 0.05) is 11.5 Å². The first-order valence-electron chi connectivity index (χ1n) is 8.68. The van der Waals surface area contributed by atoms with Crippen LogP contribution in [0.1, 0.15) is 22.6 Å². The number of carbonyl (C=O) groups is 1. The van der Waals surface area contributed by atoms with E-state index in [0.29, 0.717) is 5.56 Å². The van der Waals surface area contributed by atoms with Gasteiger partial charge in [0.15, 0.2) is 0 Å². The molecule has 27 heavy (non-hydrogen) atoms. The number of rotatable bonds is 4. The molecular formula is C22H18FNO3. The molecule has 0 heterocycles. The Hall–Kier alpha value is -3.18. The van der Waals surface area contributed by atoms with Crippen LogP contribution in [0.3, 0.4) is 0 Å². The largest absolute Gasteiger partial charge is 0.448 e. The number of aliphatic hydroxyl groups is 1. The van der Waals surface area contributed by atoms with Gasteiger partial charge in [0.2, 0.25) is 0 Å². The fraction of sp³-hybridized carbons (Fsp3) is 0.136. The summed E-state index contributed by atoms with van der Waals surface area (Å²) in [7, 11) is 0. The van der Waals surface area contributed by atoms with Gasteiger partial charge in [-0.2, -0.15) is 0 Å². The first-order valence-corrected chi connectivity index (χ1v) is 8.68. The lowest BCUT2D eigenvalue weighted by molar-refractivity contribution is 0.158. The number of amides is 1. The molecule has 0 aromatic heterocycles. The fourth-order valence-electron chi connectivity index (χ4n) is 3.55. The minimum atomic E-state index is -0.683. The number of benzene rings is 3. The van der Waals surface area contributed by atoms with E-state index >= 15 is 0 Å². The lowest BCUT2D eigenvalue weighted by atomic mass is 9.98. The van der Waals surface area contributed by atoms with Gasteiger partial charge in [-0.1, -0.05) is 54.6 Å². The zero-order valence-electron chi connectivity index (χ0n) is 14.5. The van der Waals surface area contributed by atoms with Gasteiger partial charge in [-0.25, -0.2) is 9.18 Å². The summed E-state index contributed by atoms with van der Waals surface area (Å²) in [5.41, 5.74) is 5.16. The predicted octanol–water partition coefficient (Wildman–Crippen LogP) is 4.68. The number of halogens is 1. The number of ether oxygens (including phenoxy) is 1. The van der Waals surface area contributed by atoms with Gasteiger partial charge in [0.05, 0.1) is 12.3 Å². The molecule has 136 valence electrons. The maximum absolute atomic E-state index is 13.4. The van der Waals surface area contributed by atoms with Gasteiger partial charge in [-0.15, -0.1) is 0 Å². The summed E-state index contributed by atoms with van der Waals surface area (Å²) in [4.78, 5) is 12.2. The SMILES string of the molecule is O=C(Nc1cc(F)ccc1CO)OCC1c2ccccc2-c2ccccc21. The summed E-state index contributed by atoms with van der Waals surface area (Å²) in [5, 5.41) is 11.8. The molecule has 3 aromatic rings. The monoisotopic (exact) mass is 363 g/mol. The third kappa shape index (κ3) is 3.29. The van der Waals surface area contributed by atoms with Crippen LogP contribution >= 0.6 is 0 Å². The summed E-state index contributed by atoms with van der Waals surface area (Å²) in [6, 6.07) is 19.9. The minimum Gasteiger partial charge on any atom is -0.448 e. The van der Waals surface area contributed by atoms with Crippen LogP contribution in [0.2, 0.25) is 0 Å². The van der Waals surface area contributed by atoms with Crippen LogP contribution in [0.15, 0.2) is 66.7 Å². The van der Waals surface area contributed by atoms with E-state index in [2.05, 4.69) is 17.4 Å². The van der Waals surface area contributed by atoms with Crippen molar-refractivity contribution in [3.8, 4) is 11.1 Å². The standard InChI is InChI=1S/C22H18FNO3/c23-15-10-9-14(12-25)21(11-15)24-22(26)27-13-20-18-7-3-1-5-16(18)17-6-2-4-8-19(17)20/h1-11,20,25H,12-13H2,(H,24,26). The topological polar surface area (TPSA) is 58.6 Å². The quantitative estimate of drug-likeness (QED) is 0.708. The zero-order chi connectivity index (χ0) is 18.8. The Morgan fingerprint density at radius 1 is 1.00 bits per heavy atom. The normalized spacial score (nSPS) is 12.4. The number of aliphatic hydroxyl groups excluding tert-OH is 1. The second-order valence-electron chi connectivity index (χ2n) is 6.41. The van der Waals surface area contributed by atoms with Crippen LogP contribution in [-0.4, -0.2) is 17.8 Å². The lowest BCUT2D eigenvalue weighted by Crippen LogP contribution is -2.18. The highest BCUT2D eigenvalue weighted by molar-refractivity contribution is 5.86. The third-order valence-electron chi connectivity index (χ3n) is 4.82. The van der Waals surface area contributed by atoms with Crippen molar-refractivity contribution in [1.29, 1.82) is 0 Å². The average molecular weight is 363 g/mol. The maximum atomic E-state index is 13.4. The van der Waals surface area contributed by atoms with Gasteiger partial charge in [0.1, 0.15) is 12.4 Å². The molecule has 0 saturated carbocycles. The zero-order valence-corrected chi connectivity index (χ0v) is 14.5. The highest BCUT2D eigenvalue weighted by atomic mass is 19.1. The van der Waals surface area contributed by atoms with E-state index in [1.165, 1.54) is 12.1 Å². The molecule has 1 aliphatic rings. The number of carbonyl (C=O) groups excluding carboxylic acids is 1. The highest BCUT2D eigenvalue weighted by Gasteiger charge is 2.29. The molecule has 0 radical (unpaired) electrons. The first kappa shape index (κ1) is 17.2. The Morgan fingerprint density at radius 3 is 2.26 bits per heavy atom. The van der Waals surface area contributed by atoms with Crippen molar-refractivity contribution in [2.75, 3.05) is 11.9 Å². The van der Waals surface area contributed by atoms with E-state index in [9.17, 15) is 14.3 Å². The molecule has 0 unspecified atom stereocenters. The van der Waals surface area contributed by atoms with Crippen molar-refractivity contribution in [3.63, 3.8) is 0 Å². The van der Waals surface area contributed by atoms with Crippen LogP contribution in [-0.2, 0) is 11.3 Å². The maximum Gasteiger partial charge on any atom is 0.411 e. The molecule has 0 spiro atoms. The molecule has 4 nitrogen and oxygen atoms in total. The Bertz CT molecular complexity index is 957. The van der Waals surface area contributed by atoms with Crippen LogP contribution in [0.25, 0.3) is 11.1 Å². The number of nitrogens with one attached hydrogen (secondary N) is 1. The molecular weight excluding hydrogens is 345 g/mol. The molecule has 5 heteroatoms. The van der Waals surface area contributed by atoms with Crippen molar-refractivity contribution >= 4 is 11.8 Å². The van der Waals surface area contributed by atoms with Crippen molar-refractivity contribution < 1.29 is 19.0 Å². The van der Waals surface area contributed by atoms with Gasteiger partial charge < -0.3 is 9.84 Å². The van der Waals surface area contributed by atoms with Crippen LogP contribution in [0, 0.1) is 5.82 Å². The molecule has 3 aromatic carbocycles. The van der Waals surface area contributed by atoms with E-state index in [1.807, 2.05) is 36.4 Å². The summed E-state index contributed by atoms with van der Waals surface area (Å²) in [5.74, 6) is -0.547. The Balaban J connectivity index is 1.51. The molecule has 4 rings (SSSR count). The highest BCUT2D eigenvalue weighted by Crippen LogP contribution is 2.44. The summed E-state index contributed by atoms with van der Waals surface area (Å²) in [6.07, 6.45) is -0.683. The number of anilines is 1. The molecule has 0 atom stereocenters. The summed E-state index contributed by atoms with van der Waals surface area (Å²) in [6.45, 7) is -0.136. The van der Waals surface area contributed by atoms with E-state index in [0.717, 1.165) is 28.3 Å². The number of fused-ring (bicyclic) bond motifs is 3. The summed E-state index contributed by atoms with van der Waals surface area (Å²) < 4.78 is 18.9. The van der Waals surface area contributed by atoms with Crippen molar-refractivity contribution in [2.24, 2.45) is 0 Å². The molecule has 2 N–H and O–H groups in total. The third-order valence-corrected chi connectivity index (χ3v) is 4.82. The number of hydrogen-bond acceptors (Lipinski definition) is 3. The molecule has 1 amide bonds. The minimum absolute atomic E-state index is 0.0482. The molecule has 0 bridgehead atoms. The second kappa shape index (κ2) is 7.21. The van der Waals surface area contributed by atoms with Gasteiger partial charge in [-0.3, -0.25) is 5.32 Å². The van der Waals surface area contributed by atoms with E-state index in [1.54, 1.807) is 0 Å². The Kier molecular flexibility index (Phi) is 4.60. The van der Waals surface area contributed by atoms with Crippen LogP contribution < -0.4 is 5.32 Å². The molecule has 0 saturated heterocycles. The summed E-state index contributed by atoms with van der Waals surface area (Å²) >= 11 is 0. The smallest absolute Gasteiger partial charge is 0.411 e. The molecule has 0 aliphatic heterocycles. The van der Waals surface area contributed by atoms with Gasteiger partial charge in [-0.05, 0) is 34.4 Å². The molecule has 0 fully saturated rings. The predicted molar refractivity (Wildman–Crippen MR) is 101 cm³/mol. The van der Waals surface area contributed by atoms with Crippen molar-refractivity contribution in [3.05, 3.63) is 89.2 Å². The van der Waals surface area contributed by atoms with E-state index < -0.39 is 11.9 Å². The Labute approximate surface area is 156 Å². The van der Waals surface area contributed by atoms with Gasteiger partial charge >= 0.3 is 6.09 Å². The van der Waals surface area contributed by atoms with Crippen molar-refractivity contribution in [2.45, 2.75) is 12.5 Å². The Morgan fingerprint density at radius 2 is 1.63 bits per heavy atom. The van der Waals surface area contributed by atoms with E-state index in [-0.39, 0.29) is 24.8 Å². The molecule has 1 aliphatic carbocycles. The second-order valence-corrected chi connectivity index (χ2v) is 6.41. The number of hydrogen-bond donors (Lipinski definition) is 2. The lowest BCUT2D eigenvalue weighted by Gasteiger charge is -2.15. The van der Waals surface area contributed by atoms with Crippen LogP contribution in [0.5, 0.6) is 0 Å².